The van der Waals surface area contributed by atoms with E-state index in [0.29, 0.717) is 5.69 Å². The van der Waals surface area contributed by atoms with E-state index in [-0.39, 0.29) is 18.5 Å². The molecule has 0 aromatic carbocycles. The Morgan fingerprint density at radius 1 is 1.32 bits per heavy atom. The van der Waals surface area contributed by atoms with Crippen molar-refractivity contribution in [2.24, 2.45) is 5.92 Å². The number of rotatable bonds is 6. The molecule has 0 aliphatic carbocycles. The zero-order valence-corrected chi connectivity index (χ0v) is 14.6. The molecule has 1 N–H and O–H groups in total. The van der Waals surface area contributed by atoms with Crippen LogP contribution in [-0.4, -0.2) is 25.5 Å². The van der Waals surface area contributed by atoms with Crippen molar-refractivity contribution in [1.29, 1.82) is 0 Å². The summed E-state index contributed by atoms with van der Waals surface area (Å²) in [5.41, 5.74) is 0.148. The van der Waals surface area contributed by atoms with Gasteiger partial charge in [-0.3, -0.25) is 14.2 Å². The predicted octanol–water partition coefficient (Wildman–Crippen LogP) is 2.94. The van der Waals surface area contributed by atoms with Crippen LogP contribution in [0.25, 0.3) is 0 Å². The Hall–Kier alpha value is -2.32. The molecule has 6 nitrogen and oxygen atoms in total. The van der Waals surface area contributed by atoms with Gasteiger partial charge in [0.2, 0.25) is 5.91 Å². The van der Waals surface area contributed by atoms with Crippen LogP contribution >= 0.6 is 0 Å². The quantitative estimate of drug-likeness (QED) is 0.864. The number of carbonyl (C=O) groups excluding carboxylic acids is 1. The summed E-state index contributed by atoms with van der Waals surface area (Å²) < 4.78 is 41.1. The standard InChI is InChI=1S/C16H22F3N5O/c1-5-23-7-6-13(21-23)12(4)20-15(25)10(2)9-24-11(3)8-14(22-24)16(17,18)19/h6-8,10,12H,5,9H2,1-4H3,(H,20,25). The second-order valence-corrected chi connectivity index (χ2v) is 6.08. The highest BCUT2D eigenvalue weighted by Gasteiger charge is 2.34. The molecule has 0 spiro atoms. The molecular weight excluding hydrogens is 335 g/mol. The van der Waals surface area contributed by atoms with Gasteiger partial charge in [-0.1, -0.05) is 6.92 Å². The summed E-state index contributed by atoms with van der Waals surface area (Å²) in [6.45, 7) is 7.77. The van der Waals surface area contributed by atoms with E-state index in [4.69, 9.17) is 0 Å². The van der Waals surface area contributed by atoms with Crippen LogP contribution in [0.2, 0.25) is 0 Å². The molecule has 0 fully saturated rings. The van der Waals surface area contributed by atoms with Gasteiger partial charge >= 0.3 is 6.18 Å². The van der Waals surface area contributed by atoms with Crippen LogP contribution in [0.4, 0.5) is 13.2 Å². The zero-order valence-electron chi connectivity index (χ0n) is 14.6. The minimum absolute atomic E-state index is 0.0733. The van der Waals surface area contributed by atoms with Crippen LogP contribution < -0.4 is 5.32 Å². The summed E-state index contributed by atoms with van der Waals surface area (Å²) in [7, 11) is 0. The maximum atomic E-state index is 12.7. The maximum Gasteiger partial charge on any atom is 0.435 e. The zero-order chi connectivity index (χ0) is 18.8. The fourth-order valence-electron chi connectivity index (χ4n) is 2.39. The first kappa shape index (κ1) is 19.0. The summed E-state index contributed by atoms with van der Waals surface area (Å²) in [6, 6.07) is 2.52. The van der Waals surface area contributed by atoms with Gasteiger partial charge in [-0.25, -0.2) is 0 Å². The highest BCUT2D eigenvalue weighted by Crippen LogP contribution is 2.28. The van der Waals surface area contributed by atoms with E-state index in [9.17, 15) is 18.0 Å². The average Bonchev–Trinajstić information content (AvgIpc) is 3.14. The Balaban J connectivity index is 1.99. The van der Waals surface area contributed by atoms with Crippen LogP contribution in [0.15, 0.2) is 18.3 Å². The molecule has 1 amide bonds. The molecule has 9 heteroatoms. The third-order valence-electron chi connectivity index (χ3n) is 3.95. The molecule has 25 heavy (non-hydrogen) atoms. The number of halogens is 3. The second-order valence-electron chi connectivity index (χ2n) is 6.08. The van der Waals surface area contributed by atoms with Crippen molar-refractivity contribution in [2.75, 3.05) is 0 Å². The van der Waals surface area contributed by atoms with Gasteiger partial charge in [0, 0.05) is 18.4 Å². The SMILES string of the molecule is CCn1ccc(C(C)NC(=O)C(C)Cn2nc(C(F)(F)F)cc2C)n1. The summed E-state index contributed by atoms with van der Waals surface area (Å²) in [4.78, 5) is 12.3. The van der Waals surface area contributed by atoms with E-state index in [1.54, 1.807) is 11.6 Å². The van der Waals surface area contributed by atoms with Gasteiger partial charge in [-0.15, -0.1) is 0 Å². The van der Waals surface area contributed by atoms with Crippen molar-refractivity contribution in [3.63, 3.8) is 0 Å². The molecule has 2 atom stereocenters. The minimum Gasteiger partial charge on any atom is -0.348 e. The lowest BCUT2D eigenvalue weighted by atomic mass is 10.1. The van der Waals surface area contributed by atoms with Crippen LogP contribution in [-0.2, 0) is 24.1 Å². The molecule has 2 unspecified atom stereocenters. The summed E-state index contributed by atoms with van der Waals surface area (Å²) >= 11 is 0. The Morgan fingerprint density at radius 3 is 2.52 bits per heavy atom. The van der Waals surface area contributed by atoms with Gasteiger partial charge in [0.1, 0.15) is 0 Å². The molecule has 2 rings (SSSR count). The lowest BCUT2D eigenvalue weighted by molar-refractivity contribution is -0.141. The van der Waals surface area contributed by atoms with E-state index in [2.05, 4.69) is 15.5 Å². The van der Waals surface area contributed by atoms with Crippen LogP contribution in [0, 0.1) is 12.8 Å². The monoisotopic (exact) mass is 357 g/mol. The average molecular weight is 357 g/mol. The molecule has 0 bridgehead atoms. The number of hydrogen-bond acceptors (Lipinski definition) is 3. The Morgan fingerprint density at radius 2 is 2.00 bits per heavy atom. The summed E-state index contributed by atoms with van der Waals surface area (Å²) in [5, 5.41) is 10.7. The number of aryl methyl sites for hydroxylation is 2. The fraction of sp³-hybridized carbons (Fsp3) is 0.562. The molecule has 138 valence electrons. The van der Waals surface area contributed by atoms with Gasteiger partial charge in [0.15, 0.2) is 5.69 Å². The lowest BCUT2D eigenvalue weighted by Crippen LogP contribution is -2.34. The van der Waals surface area contributed by atoms with Crippen LogP contribution in [0.1, 0.15) is 43.9 Å². The third kappa shape index (κ3) is 4.61. The van der Waals surface area contributed by atoms with E-state index >= 15 is 0 Å². The third-order valence-corrected chi connectivity index (χ3v) is 3.95. The van der Waals surface area contributed by atoms with E-state index in [0.717, 1.165) is 18.3 Å². The lowest BCUT2D eigenvalue weighted by Gasteiger charge is -2.17. The maximum absolute atomic E-state index is 12.7. The first-order chi connectivity index (χ1) is 11.6. The van der Waals surface area contributed by atoms with Crippen molar-refractivity contribution in [1.82, 2.24) is 24.9 Å². The molecule has 2 heterocycles. The fourth-order valence-corrected chi connectivity index (χ4v) is 2.39. The Bertz CT molecular complexity index is 734. The van der Waals surface area contributed by atoms with Crippen molar-refractivity contribution < 1.29 is 18.0 Å². The number of carbonyl (C=O) groups is 1. The number of alkyl halides is 3. The van der Waals surface area contributed by atoms with Crippen molar-refractivity contribution in [2.45, 2.75) is 53.0 Å². The van der Waals surface area contributed by atoms with Crippen LogP contribution in [0.5, 0.6) is 0 Å². The number of nitrogens with one attached hydrogen (secondary N) is 1. The predicted molar refractivity (Wildman–Crippen MR) is 85.6 cm³/mol. The Labute approximate surface area is 144 Å². The first-order valence-electron chi connectivity index (χ1n) is 8.07. The van der Waals surface area contributed by atoms with Crippen molar-refractivity contribution in [3.05, 3.63) is 35.4 Å². The molecular formula is C16H22F3N5O. The Kier molecular flexibility index (Phi) is 5.54. The van der Waals surface area contributed by atoms with Gasteiger partial charge in [0.05, 0.1) is 24.2 Å². The minimum atomic E-state index is -4.49. The number of amides is 1. The normalized spacial score (nSPS) is 14.4. The van der Waals surface area contributed by atoms with E-state index in [1.165, 1.54) is 11.6 Å². The molecule has 0 radical (unpaired) electrons. The molecule has 2 aromatic rings. The number of hydrogen-bond donors (Lipinski definition) is 1. The smallest absolute Gasteiger partial charge is 0.348 e. The van der Waals surface area contributed by atoms with Gasteiger partial charge < -0.3 is 5.32 Å². The highest BCUT2D eigenvalue weighted by molar-refractivity contribution is 5.78. The summed E-state index contributed by atoms with van der Waals surface area (Å²) in [6.07, 6.45) is -2.67. The molecule has 0 saturated heterocycles. The van der Waals surface area contributed by atoms with Gasteiger partial charge in [-0.2, -0.15) is 23.4 Å². The molecule has 0 aliphatic rings. The number of aromatic nitrogens is 4. The van der Waals surface area contributed by atoms with Crippen LogP contribution in [0.3, 0.4) is 0 Å². The van der Waals surface area contributed by atoms with Crippen molar-refractivity contribution >= 4 is 5.91 Å². The highest BCUT2D eigenvalue weighted by atomic mass is 19.4. The molecule has 2 aromatic heterocycles. The van der Waals surface area contributed by atoms with Gasteiger partial charge in [0.25, 0.3) is 0 Å². The summed E-state index contributed by atoms with van der Waals surface area (Å²) in [5.74, 6) is -0.794. The van der Waals surface area contributed by atoms with E-state index in [1.807, 2.05) is 26.1 Å². The topological polar surface area (TPSA) is 64.7 Å². The number of nitrogens with zero attached hydrogens (tertiary/aromatic N) is 4. The first-order valence-corrected chi connectivity index (χ1v) is 8.07. The molecule has 0 aliphatic heterocycles. The van der Waals surface area contributed by atoms with Gasteiger partial charge in [-0.05, 0) is 32.9 Å². The molecule has 0 saturated carbocycles. The van der Waals surface area contributed by atoms with Crippen molar-refractivity contribution in [3.8, 4) is 0 Å². The second kappa shape index (κ2) is 7.28. The largest absolute Gasteiger partial charge is 0.435 e. The van der Waals surface area contributed by atoms with E-state index < -0.39 is 17.8 Å².